The number of aromatic amines is 1. The van der Waals surface area contributed by atoms with Crippen LogP contribution >= 0.6 is 0 Å². The summed E-state index contributed by atoms with van der Waals surface area (Å²) in [5.74, 6) is 0.578. The van der Waals surface area contributed by atoms with Gasteiger partial charge in [-0.05, 0) is 42.7 Å². The van der Waals surface area contributed by atoms with Crippen LogP contribution < -0.4 is 10.1 Å². The van der Waals surface area contributed by atoms with Crippen LogP contribution in [-0.4, -0.2) is 29.5 Å². The summed E-state index contributed by atoms with van der Waals surface area (Å²) >= 11 is 0. The van der Waals surface area contributed by atoms with Crippen LogP contribution in [0.2, 0.25) is 0 Å². The summed E-state index contributed by atoms with van der Waals surface area (Å²) in [7, 11) is 1.64. The van der Waals surface area contributed by atoms with E-state index in [2.05, 4.69) is 28.5 Å². The first-order valence-corrected chi connectivity index (χ1v) is 11.1. The van der Waals surface area contributed by atoms with Crippen LogP contribution in [0.3, 0.4) is 0 Å². The minimum atomic E-state index is -0.167. The number of ether oxygens (including phenoxy) is 1. The van der Waals surface area contributed by atoms with Crippen molar-refractivity contribution in [3.8, 4) is 17.0 Å². The van der Waals surface area contributed by atoms with Crippen molar-refractivity contribution in [3.63, 3.8) is 0 Å². The maximum atomic E-state index is 13.1. The average molecular weight is 436 g/mol. The molecule has 0 fully saturated rings. The quantitative estimate of drug-likeness (QED) is 0.320. The van der Waals surface area contributed by atoms with Crippen molar-refractivity contribution in [2.24, 2.45) is 0 Å². The highest BCUT2D eigenvalue weighted by Crippen LogP contribution is 2.33. The van der Waals surface area contributed by atoms with Gasteiger partial charge < -0.3 is 15.0 Å². The van der Waals surface area contributed by atoms with Crippen molar-refractivity contribution in [3.05, 3.63) is 96.2 Å². The Labute approximate surface area is 192 Å². The monoisotopic (exact) mass is 435 g/mol. The molecule has 0 atom stereocenters. The molecule has 0 saturated heterocycles. The number of para-hydroxylation sites is 1. The number of carbonyl (C=O) groups excluding carboxylic acids is 1. The number of nitrogens with one attached hydrogen (secondary N) is 2. The molecule has 5 heteroatoms. The number of pyridine rings is 1. The van der Waals surface area contributed by atoms with Gasteiger partial charge in [-0.3, -0.25) is 4.79 Å². The summed E-state index contributed by atoms with van der Waals surface area (Å²) in [4.78, 5) is 21.3. The number of hydrogen-bond acceptors (Lipinski definition) is 3. The summed E-state index contributed by atoms with van der Waals surface area (Å²) < 4.78 is 5.41. The third-order valence-corrected chi connectivity index (χ3v) is 5.84. The third-order valence-electron chi connectivity index (χ3n) is 5.84. The molecular formula is C28H25N3O2. The van der Waals surface area contributed by atoms with Gasteiger partial charge in [-0.25, -0.2) is 4.98 Å². The van der Waals surface area contributed by atoms with E-state index in [9.17, 15) is 4.79 Å². The Balaban J connectivity index is 1.48. The molecule has 0 unspecified atom stereocenters. The predicted molar refractivity (Wildman–Crippen MR) is 133 cm³/mol. The van der Waals surface area contributed by atoms with Crippen molar-refractivity contribution in [1.29, 1.82) is 0 Å². The van der Waals surface area contributed by atoms with Gasteiger partial charge in [0.25, 0.3) is 5.91 Å². The van der Waals surface area contributed by atoms with E-state index in [1.807, 2.05) is 66.7 Å². The number of benzene rings is 3. The summed E-state index contributed by atoms with van der Waals surface area (Å²) in [5.41, 5.74) is 5.22. The third kappa shape index (κ3) is 4.30. The molecule has 5 aromatic rings. The number of H-pyrrole nitrogens is 1. The summed E-state index contributed by atoms with van der Waals surface area (Å²) in [6.07, 6.45) is 1.79. The van der Waals surface area contributed by atoms with E-state index in [4.69, 9.17) is 9.72 Å². The van der Waals surface area contributed by atoms with Crippen LogP contribution in [0.1, 0.15) is 22.5 Å². The van der Waals surface area contributed by atoms with E-state index in [1.165, 1.54) is 5.56 Å². The molecule has 0 aliphatic carbocycles. The summed E-state index contributed by atoms with van der Waals surface area (Å²) in [6, 6.07) is 28.0. The number of amides is 1. The number of rotatable bonds is 7. The lowest BCUT2D eigenvalue weighted by molar-refractivity contribution is 0.0948. The van der Waals surface area contributed by atoms with Crippen LogP contribution in [0.15, 0.2) is 84.9 Å². The molecule has 2 aromatic heterocycles. The van der Waals surface area contributed by atoms with E-state index >= 15 is 0 Å². The van der Waals surface area contributed by atoms with Gasteiger partial charge in [0.1, 0.15) is 11.4 Å². The van der Waals surface area contributed by atoms with Crippen LogP contribution in [-0.2, 0) is 6.42 Å². The number of carbonyl (C=O) groups is 1. The first kappa shape index (κ1) is 20.8. The molecule has 0 spiro atoms. The highest BCUT2D eigenvalue weighted by molar-refractivity contribution is 6.13. The average Bonchev–Trinajstić information content (AvgIpc) is 3.25. The van der Waals surface area contributed by atoms with E-state index in [0.717, 1.165) is 51.7 Å². The predicted octanol–water partition coefficient (Wildman–Crippen LogP) is 5.75. The van der Waals surface area contributed by atoms with Gasteiger partial charge in [0.15, 0.2) is 0 Å². The largest absolute Gasteiger partial charge is 0.497 e. The Bertz CT molecular complexity index is 1420. The van der Waals surface area contributed by atoms with Crippen LogP contribution in [0.25, 0.3) is 33.1 Å². The molecule has 33 heavy (non-hydrogen) atoms. The molecule has 5 nitrogen and oxygen atoms in total. The molecule has 2 N–H and O–H groups in total. The minimum absolute atomic E-state index is 0.167. The minimum Gasteiger partial charge on any atom is -0.497 e. The maximum absolute atomic E-state index is 13.1. The molecule has 2 heterocycles. The second kappa shape index (κ2) is 9.17. The standard InChI is InChI=1S/C28H25N3O2/c1-33-21-13-7-12-20(17-21)26-27-23(22-14-5-6-15-24(22)30-27)18-25(31-26)28(32)29-16-8-11-19-9-3-2-4-10-19/h2-7,9-10,12-15,17-18,30H,8,11,16H2,1H3,(H,29,32). The fourth-order valence-corrected chi connectivity index (χ4v) is 4.17. The lowest BCUT2D eigenvalue weighted by Gasteiger charge is -2.10. The van der Waals surface area contributed by atoms with Crippen molar-refractivity contribution < 1.29 is 9.53 Å². The zero-order valence-corrected chi connectivity index (χ0v) is 18.5. The van der Waals surface area contributed by atoms with E-state index < -0.39 is 0 Å². The van der Waals surface area contributed by atoms with Crippen molar-refractivity contribution in [1.82, 2.24) is 15.3 Å². The van der Waals surface area contributed by atoms with Gasteiger partial charge in [0, 0.05) is 28.4 Å². The number of hydrogen-bond donors (Lipinski definition) is 2. The molecule has 0 aliphatic rings. The first-order chi connectivity index (χ1) is 16.2. The molecule has 164 valence electrons. The highest BCUT2D eigenvalue weighted by Gasteiger charge is 2.17. The SMILES string of the molecule is COc1cccc(-c2nc(C(=O)NCCCc3ccccc3)cc3c2[nH]c2ccccc23)c1. The highest BCUT2D eigenvalue weighted by atomic mass is 16.5. The number of aryl methyl sites for hydroxylation is 1. The summed E-state index contributed by atoms with van der Waals surface area (Å²) in [5, 5.41) is 5.09. The zero-order valence-electron chi connectivity index (χ0n) is 18.5. The van der Waals surface area contributed by atoms with Gasteiger partial charge in [-0.2, -0.15) is 0 Å². The van der Waals surface area contributed by atoms with Gasteiger partial charge in [-0.15, -0.1) is 0 Å². The normalized spacial score (nSPS) is 11.1. The summed E-state index contributed by atoms with van der Waals surface area (Å²) in [6.45, 7) is 0.593. The number of nitrogens with zero attached hydrogens (tertiary/aromatic N) is 1. The van der Waals surface area contributed by atoms with Crippen LogP contribution in [0, 0.1) is 0 Å². The second-order valence-electron chi connectivity index (χ2n) is 8.03. The molecule has 3 aromatic carbocycles. The van der Waals surface area contributed by atoms with Crippen LogP contribution in [0.4, 0.5) is 0 Å². The Kier molecular flexibility index (Phi) is 5.77. The Morgan fingerprint density at radius 2 is 1.76 bits per heavy atom. The zero-order chi connectivity index (χ0) is 22.6. The second-order valence-corrected chi connectivity index (χ2v) is 8.03. The van der Waals surface area contributed by atoms with Crippen LogP contribution in [0.5, 0.6) is 5.75 Å². The van der Waals surface area contributed by atoms with E-state index in [-0.39, 0.29) is 5.91 Å². The molecule has 0 aliphatic heterocycles. The van der Waals surface area contributed by atoms with E-state index in [0.29, 0.717) is 12.2 Å². The fourth-order valence-electron chi connectivity index (χ4n) is 4.17. The first-order valence-electron chi connectivity index (χ1n) is 11.1. The van der Waals surface area contributed by atoms with Crippen molar-refractivity contribution >= 4 is 27.7 Å². The molecule has 0 saturated carbocycles. The topological polar surface area (TPSA) is 67.0 Å². The van der Waals surface area contributed by atoms with Crippen molar-refractivity contribution in [2.45, 2.75) is 12.8 Å². The Hall–Kier alpha value is -4.12. The molecule has 0 radical (unpaired) electrons. The molecular weight excluding hydrogens is 410 g/mol. The number of aromatic nitrogens is 2. The van der Waals surface area contributed by atoms with E-state index in [1.54, 1.807) is 7.11 Å². The fraction of sp³-hybridized carbons (Fsp3) is 0.143. The van der Waals surface area contributed by atoms with Crippen molar-refractivity contribution in [2.75, 3.05) is 13.7 Å². The van der Waals surface area contributed by atoms with Gasteiger partial charge in [-0.1, -0.05) is 60.7 Å². The number of fused-ring (bicyclic) bond motifs is 3. The molecule has 0 bridgehead atoms. The van der Waals surface area contributed by atoms with Gasteiger partial charge in [0.05, 0.1) is 18.3 Å². The lowest BCUT2D eigenvalue weighted by atomic mass is 10.1. The molecule has 5 rings (SSSR count). The molecule has 1 amide bonds. The Morgan fingerprint density at radius 1 is 0.939 bits per heavy atom. The lowest BCUT2D eigenvalue weighted by Crippen LogP contribution is -2.25. The maximum Gasteiger partial charge on any atom is 0.269 e. The number of methoxy groups -OCH3 is 1. The van der Waals surface area contributed by atoms with Gasteiger partial charge in [0.2, 0.25) is 0 Å². The smallest absolute Gasteiger partial charge is 0.269 e. The Morgan fingerprint density at radius 3 is 2.61 bits per heavy atom. The van der Waals surface area contributed by atoms with Gasteiger partial charge >= 0.3 is 0 Å².